The van der Waals surface area contributed by atoms with Crippen molar-refractivity contribution < 1.29 is 19.2 Å². The molecule has 0 aliphatic heterocycles. The lowest BCUT2D eigenvalue weighted by atomic mass is 10.1. The molecule has 88 valence electrons. The van der Waals surface area contributed by atoms with E-state index in [1.165, 1.54) is 24.3 Å². The van der Waals surface area contributed by atoms with Crippen molar-refractivity contribution in [3.05, 3.63) is 47.9 Å². The van der Waals surface area contributed by atoms with Gasteiger partial charge in [-0.25, -0.2) is 0 Å². The number of azo groups is 1. The number of carbonyl (C=O) groups excluding carboxylic acids is 4. The molecule has 0 fully saturated rings. The number of Topliss-reactive ketones (excluding diaryl/α,β-unsaturated/α-hetero) is 2. The lowest BCUT2D eigenvalue weighted by Gasteiger charge is -2.02. The van der Waals surface area contributed by atoms with Crippen LogP contribution >= 0.6 is 0 Å². The summed E-state index contributed by atoms with van der Waals surface area (Å²) >= 11 is 0. The van der Waals surface area contributed by atoms with Crippen LogP contribution in [0.25, 0.3) is 0 Å². The third-order valence-corrected chi connectivity index (χ3v) is 2.18. The van der Waals surface area contributed by atoms with Gasteiger partial charge in [0, 0.05) is 0 Å². The van der Waals surface area contributed by atoms with Gasteiger partial charge in [-0.1, -0.05) is 12.2 Å². The number of ketones is 4. The van der Waals surface area contributed by atoms with E-state index in [4.69, 9.17) is 0 Å². The summed E-state index contributed by atoms with van der Waals surface area (Å²) in [5.74, 6) is -3.00. The van der Waals surface area contributed by atoms with Gasteiger partial charge in [0.15, 0.2) is 0 Å². The lowest BCUT2D eigenvalue weighted by Crippen LogP contribution is -2.16. The van der Waals surface area contributed by atoms with E-state index in [-0.39, 0.29) is 11.4 Å². The van der Waals surface area contributed by atoms with Crippen LogP contribution in [0.4, 0.5) is 0 Å². The Morgan fingerprint density at radius 2 is 1.06 bits per heavy atom. The van der Waals surface area contributed by atoms with Crippen LogP contribution in [0, 0.1) is 0 Å². The zero-order valence-electron chi connectivity index (χ0n) is 8.99. The molecule has 0 spiro atoms. The van der Waals surface area contributed by atoms with Gasteiger partial charge >= 0.3 is 0 Å². The molecule has 2 aliphatic carbocycles. The van der Waals surface area contributed by atoms with E-state index >= 15 is 0 Å². The highest BCUT2D eigenvalue weighted by molar-refractivity contribution is 6.48. The van der Waals surface area contributed by atoms with Crippen molar-refractivity contribution in [3.8, 4) is 0 Å². The zero-order valence-corrected chi connectivity index (χ0v) is 8.99. The van der Waals surface area contributed by atoms with Gasteiger partial charge < -0.3 is 0 Å². The molecule has 18 heavy (non-hydrogen) atoms. The van der Waals surface area contributed by atoms with Crippen LogP contribution in [-0.2, 0) is 19.2 Å². The Hall–Kier alpha value is -2.76. The first-order chi connectivity index (χ1) is 8.59. The Morgan fingerprint density at radius 3 is 1.44 bits per heavy atom. The van der Waals surface area contributed by atoms with Gasteiger partial charge in [-0.15, -0.1) is 10.2 Å². The van der Waals surface area contributed by atoms with Crippen LogP contribution in [0.1, 0.15) is 0 Å². The average Bonchev–Trinajstić information content (AvgIpc) is 2.36. The molecular formula is C12H6N2O4. The molecule has 0 unspecified atom stereocenters. The fourth-order valence-electron chi connectivity index (χ4n) is 1.27. The van der Waals surface area contributed by atoms with E-state index in [1.807, 2.05) is 0 Å². The summed E-state index contributed by atoms with van der Waals surface area (Å²) < 4.78 is 0. The van der Waals surface area contributed by atoms with E-state index in [2.05, 4.69) is 10.2 Å². The first kappa shape index (κ1) is 11.7. The van der Waals surface area contributed by atoms with E-state index in [9.17, 15) is 19.2 Å². The monoisotopic (exact) mass is 242 g/mol. The summed E-state index contributed by atoms with van der Waals surface area (Å²) in [5, 5.41) is 7.02. The molecule has 0 aromatic carbocycles. The summed E-state index contributed by atoms with van der Waals surface area (Å²) in [6, 6.07) is 0. The molecular weight excluding hydrogens is 236 g/mol. The molecule has 0 atom stereocenters. The standard InChI is InChI=1S/C12H6N2O4/c15-9-5-1-3-7(11(9)17)13-14-8-4-2-6-10(16)12(8)18/h1-6H. The van der Waals surface area contributed by atoms with Crippen molar-refractivity contribution >= 4 is 23.1 Å². The summed E-state index contributed by atoms with van der Waals surface area (Å²) in [6.07, 6.45) is 7.55. The SMILES string of the molecule is O=C1C=CC=C(N=NC2=CC=CC(=O)C2=O)C1=O. The Kier molecular flexibility index (Phi) is 3.01. The molecule has 2 aliphatic rings. The smallest absolute Gasteiger partial charge is 0.253 e. The van der Waals surface area contributed by atoms with Crippen LogP contribution < -0.4 is 0 Å². The summed E-state index contributed by atoms with van der Waals surface area (Å²) in [7, 11) is 0. The fraction of sp³-hybridized carbons (Fsp3) is 0. The second-order valence-electron chi connectivity index (χ2n) is 3.41. The molecule has 0 amide bonds. The van der Waals surface area contributed by atoms with Crippen molar-refractivity contribution in [2.75, 3.05) is 0 Å². The Morgan fingerprint density at radius 1 is 0.667 bits per heavy atom. The fourth-order valence-corrected chi connectivity index (χ4v) is 1.27. The second-order valence-corrected chi connectivity index (χ2v) is 3.41. The normalized spacial score (nSPS) is 19.6. The Balaban J connectivity index is 2.22. The summed E-state index contributed by atoms with van der Waals surface area (Å²) in [4.78, 5) is 44.8. The molecule has 0 radical (unpaired) electrons. The van der Waals surface area contributed by atoms with Gasteiger partial charge in [0.2, 0.25) is 11.6 Å². The van der Waals surface area contributed by atoms with Crippen molar-refractivity contribution in [2.45, 2.75) is 0 Å². The van der Waals surface area contributed by atoms with Gasteiger partial charge in [0.25, 0.3) is 11.6 Å². The highest BCUT2D eigenvalue weighted by Crippen LogP contribution is 2.12. The van der Waals surface area contributed by atoms with Crippen molar-refractivity contribution in [1.82, 2.24) is 0 Å². The average molecular weight is 242 g/mol. The minimum absolute atomic E-state index is 0.168. The van der Waals surface area contributed by atoms with Crippen LogP contribution in [-0.4, -0.2) is 23.1 Å². The maximum atomic E-state index is 11.3. The van der Waals surface area contributed by atoms with E-state index < -0.39 is 23.1 Å². The topological polar surface area (TPSA) is 93.0 Å². The molecule has 0 heterocycles. The molecule has 6 nitrogen and oxygen atoms in total. The van der Waals surface area contributed by atoms with Crippen LogP contribution in [0.2, 0.25) is 0 Å². The predicted molar refractivity (Wildman–Crippen MR) is 59.3 cm³/mol. The van der Waals surface area contributed by atoms with Crippen LogP contribution in [0.15, 0.2) is 58.1 Å². The number of allylic oxidation sites excluding steroid dienone is 8. The highest BCUT2D eigenvalue weighted by atomic mass is 16.2. The Labute approximate surface area is 101 Å². The molecule has 6 heteroatoms. The van der Waals surface area contributed by atoms with Gasteiger partial charge in [-0.2, -0.15) is 0 Å². The van der Waals surface area contributed by atoms with E-state index in [0.29, 0.717) is 0 Å². The lowest BCUT2D eigenvalue weighted by molar-refractivity contribution is -0.131. The van der Waals surface area contributed by atoms with Gasteiger partial charge in [-0.05, 0) is 24.3 Å². The highest BCUT2D eigenvalue weighted by Gasteiger charge is 2.21. The van der Waals surface area contributed by atoms with Crippen LogP contribution in [0.3, 0.4) is 0 Å². The van der Waals surface area contributed by atoms with E-state index in [0.717, 1.165) is 12.2 Å². The third-order valence-electron chi connectivity index (χ3n) is 2.18. The quantitative estimate of drug-likeness (QED) is 0.403. The minimum atomic E-state index is -0.799. The van der Waals surface area contributed by atoms with Gasteiger partial charge in [0.1, 0.15) is 11.4 Å². The van der Waals surface area contributed by atoms with E-state index in [1.54, 1.807) is 0 Å². The summed E-state index contributed by atoms with van der Waals surface area (Å²) in [5.41, 5.74) is -0.337. The maximum Gasteiger partial charge on any atom is 0.253 e. The molecule has 0 aromatic rings. The second kappa shape index (κ2) is 4.62. The van der Waals surface area contributed by atoms with Crippen molar-refractivity contribution in [3.63, 3.8) is 0 Å². The first-order valence-electron chi connectivity index (χ1n) is 4.95. The number of hydrogen-bond acceptors (Lipinski definition) is 6. The first-order valence-corrected chi connectivity index (χ1v) is 4.95. The largest absolute Gasteiger partial charge is 0.285 e. The minimum Gasteiger partial charge on any atom is -0.285 e. The summed E-state index contributed by atoms with van der Waals surface area (Å²) in [6.45, 7) is 0. The van der Waals surface area contributed by atoms with Gasteiger partial charge in [-0.3, -0.25) is 19.2 Å². The molecule has 0 aromatic heterocycles. The van der Waals surface area contributed by atoms with Crippen molar-refractivity contribution in [1.29, 1.82) is 0 Å². The maximum absolute atomic E-state index is 11.3. The van der Waals surface area contributed by atoms with Gasteiger partial charge in [0.05, 0.1) is 0 Å². The zero-order chi connectivity index (χ0) is 13.1. The number of carbonyl (C=O) groups is 4. The molecule has 0 saturated carbocycles. The number of hydrogen-bond donors (Lipinski definition) is 0. The Bertz CT molecular complexity index is 564. The number of nitrogens with zero attached hydrogens (tertiary/aromatic N) is 2. The third kappa shape index (κ3) is 2.17. The molecule has 0 saturated heterocycles. The van der Waals surface area contributed by atoms with Crippen LogP contribution in [0.5, 0.6) is 0 Å². The van der Waals surface area contributed by atoms with Crippen molar-refractivity contribution in [2.24, 2.45) is 10.2 Å². The predicted octanol–water partition coefficient (Wildman–Crippen LogP) is 0.622. The molecule has 0 N–H and O–H groups in total. The molecule has 0 bridgehead atoms. The number of rotatable bonds is 2. The molecule has 2 rings (SSSR count).